The van der Waals surface area contributed by atoms with Crippen molar-refractivity contribution in [1.29, 1.82) is 0 Å². The molecule has 0 atom stereocenters. The summed E-state index contributed by atoms with van der Waals surface area (Å²) in [5.74, 6) is -0.289. The minimum Gasteiger partial charge on any atom is -0.468 e. The summed E-state index contributed by atoms with van der Waals surface area (Å²) in [6.45, 7) is 6.38. The second kappa shape index (κ2) is 7.18. The van der Waals surface area contributed by atoms with Gasteiger partial charge in [-0.25, -0.2) is 4.79 Å². The van der Waals surface area contributed by atoms with Gasteiger partial charge >= 0.3 is 12.1 Å². The molecule has 0 aliphatic carbocycles. The first kappa shape index (κ1) is 19.1. The zero-order valence-corrected chi connectivity index (χ0v) is 16.3. The van der Waals surface area contributed by atoms with Gasteiger partial charge in [-0.3, -0.25) is 9.78 Å². The van der Waals surface area contributed by atoms with Gasteiger partial charge in [0.15, 0.2) is 0 Å². The number of esters is 1. The third-order valence-electron chi connectivity index (χ3n) is 4.99. The molecule has 2 aromatic rings. The molecule has 6 nitrogen and oxygen atoms in total. The highest BCUT2D eigenvalue weighted by molar-refractivity contribution is 5.86. The Morgan fingerprint density at radius 3 is 2.44 bits per heavy atom. The van der Waals surface area contributed by atoms with Crippen molar-refractivity contribution in [2.24, 2.45) is 0 Å². The van der Waals surface area contributed by atoms with E-state index in [2.05, 4.69) is 4.98 Å². The SMILES string of the molecule is COC(=O)C1(c2cnc3ccccc3c2)CCN(C(=O)OC(C)(C)C)CC1. The first-order chi connectivity index (χ1) is 12.7. The van der Waals surface area contributed by atoms with Gasteiger partial charge in [0.25, 0.3) is 0 Å². The number of hydrogen-bond acceptors (Lipinski definition) is 5. The van der Waals surface area contributed by atoms with E-state index in [9.17, 15) is 9.59 Å². The Balaban J connectivity index is 1.87. The number of likely N-dealkylation sites (tertiary alicyclic amines) is 1. The molecule has 0 unspecified atom stereocenters. The minimum atomic E-state index is -0.801. The van der Waals surface area contributed by atoms with Crippen molar-refractivity contribution >= 4 is 23.0 Å². The topological polar surface area (TPSA) is 68.7 Å². The number of para-hydroxylation sites is 1. The molecule has 1 aliphatic heterocycles. The van der Waals surface area contributed by atoms with Crippen LogP contribution in [0.25, 0.3) is 10.9 Å². The molecule has 1 saturated heterocycles. The molecule has 2 heterocycles. The van der Waals surface area contributed by atoms with Crippen LogP contribution < -0.4 is 0 Å². The number of piperidine rings is 1. The summed E-state index contributed by atoms with van der Waals surface area (Å²) in [4.78, 5) is 31.3. The number of fused-ring (bicyclic) bond motifs is 1. The van der Waals surface area contributed by atoms with Crippen LogP contribution in [-0.4, -0.2) is 47.7 Å². The minimum absolute atomic E-state index is 0.289. The van der Waals surface area contributed by atoms with E-state index < -0.39 is 11.0 Å². The van der Waals surface area contributed by atoms with E-state index in [0.29, 0.717) is 25.9 Å². The summed E-state index contributed by atoms with van der Waals surface area (Å²) in [6.07, 6.45) is 2.35. The number of ether oxygens (including phenoxy) is 2. The maximum atomic E-state index is 12.7. The smallest absolute Gasteiger partial charge is 0.410 e. The highest BCUT2D eigenvalue weighted by Crippen LogP contribution is 2.38. The molecule has 27 heavy (non-hydrogen) atoms. The zero-order chi connectivity index (χ0) is 19.7. The zero-order valence-electron chi connectivity index (χ0n) is 16.3. The summed E-state index contributed by atoms with van der Waals surface area (Å²) in [5.41, 5.74) is 0.366. The van der Waals surface area contributed by atoms with Crippen LogP contribution in [0.3, 0.4) is 0 Å². The van der Waals surface area contributed by atoms with Crippen molar-refractivity contribution in [1.82, 2.24) is 9.88 Å². The second-order valence-electron chi connectivity index (χ2n) is 7.96. The maximum absolute atomic E-state index is 12.7. The van der Waals surface area contributed by atoms with Crippen LogP contribution in [0.15, 0.2) is 36.5 Å². The Bertz CT molecular complexity index is 849. The molecule has 0 saturated carbocycles. The van der Waals surface area contributed by atoms with E-state index in [-0.39, 0.29) is 12.1 Å². The molecule has 6 heteroatoms. The van der Waals surface area contributed by atoms with Gasteiger partial charge in [0.2, 0.25) is 0 Å². The van der Waals surface area contributed by atoms with E-state index in [0.717, 1.165) is 16.5 Å². The monoisotopic (exact) mass is 370 g/mol. The standard InChI is InChI=1S/C21H26N2O4/c1-20(2,3)27-19(25)23-11-9-21(10-12-23,18(24)26-4)16-13-15-7-5-6-8-17(15)22-14-16/h5-8,13-14H,9-12H2,1-4H3. The Hall–Kier alpha value is -2.63. The van der Waals surface area contributed by atoms with E-state index in [1.807, 2.05) is 51.1 Å². The first-order valence-corrected chi connectivity index (χ1v) is 9.17. The molecular weight excluding hydrogens is 344 g/mol. The molecule has 1 aliphatic rings. The number of hydrogen-bond donors (Lipinski definition) is 0. The lowest BCUT2D eigenvalue weighted by Gasteiger charge is -2.40. The lowest BCUT2D eigenvalue weighted by Crippen LogP contribution is -2.50. The van der Waals surface area contributed by atoms with Crippen LogP contribution in [0.5, 0.6) is 0 Å². The molecule has 0 bridgehead atoms. The quantitative estimate of drug-likeness (QED) is 0.755. The van der Waals surface area contributed by atoms with Crippen LogP contribution in [0.2, 0.25) is 0 Å². The predicted octanol–water partition coefficient (Wildman–Crippen LogP) is 3.68. The van der Waals surface area contributed by atoms with Crippen LogP contribution in [0.4, 0.5) is 4.79 Å². The third kappa shape index (κ3) is 3.89. The van der Waals surface area contributed by atoms with Crippen molar-refractivity contribution in [2.75, 3.05) is 20.2 Å². The van der Waals surface area contributed by atoms with Crippen molar-refractivity contribution < 1.29 is 19.1 Å². The molecule has 1 fully saturated rings. The largest absolute Gasteiger partial charge is 0.468 e. The van der Waals surface area contributed by atoms with Crippen LogP contribution in [-0.2, 0) is 19.7 Å². The van der Waals surface area contributed by atoms with Crippen molar-refractivity contribution in [3.8, 4) is 0 Å². The first-order valence-electron chi connectivity index (χ1n) is 9.17. The fraction of sp³-hybridized carbons (Fsp3) is 0.476. The summed E-state index contributed by atoms with van der Waals surface area (Å²) >= 11 is 0. The van der Waals surface area contributed by atoms with Crippen LogP contribution in [0, 0.1) is 0 Å². The van der Waals surface area contributed by atoms with Crippen LogP contribution >= 0.6 is 0 Å². The predicted molar refractivity (Wildman–Crippen MR) is 102 cm³/mol. The lowest BCUT2D eigenvalue weighted by atomic mass is 9.73. The number of methoxy groups -OCH3 is 1. The molecular formula is C21H26N2O4. The fourth-order valence-corrected chi connectivity index (χ4v) is 3.54. The Morgan fingerprint density at radius 1 is 1.15 bits per heavy atom. The third-order valence-corrected chi connectivity index (χ3v) is 4.99. The van der Waals surface area contributed by atoms with Gasteiger partial charge in [0.05, 0.1) is 18.0 Å². The molecule has 3 rings (SSSR count). The highest BCUT2D eigenvalue weighted by Gasteiger charge is 2.45. The Morgan fingerprint density at radius 2 is 1.81 bits per heavy atom. The molecule has 1 aromatic heterocycles. The Kier molecular flexibility index (Phi) is 5.09. The van der Waals surface area contributed by atoms with Gasteiger partial charge in [-0.05, 0) is 51.3 Å². The van der Waals surface area contributed by atoms with Crippen molar-refractivity contribution in [3.63, 3.8) is 0 Å². The summed E-state index contributed by atoms with van der Waals surface area (Å²) in [6, 6.07) is 9.80. The Labute approximate surface area is 159 Å². The average molecular weight is 370 g/mol. The van der Waals surface area contributed by atoms with Gasteiger partial charge < -0.3 is 14.4 Å². The molecule has 0 spiro atoms. The summed E-state index contributed by atoms with van der Waals surface area (Å²) in [7, 11) is 1.40. The number of carbonyl (C=O) groups excluding carboxylic acids is 2. The van der Waals surface area contributed by atoms with E-state index in [1.165, 1.54) is 7.11 Å². The van der Waals surface area contributed by atoms with E-state index in [4.69, 9.17) is 9.47 Å². The normalized spacial score (nSPS) is 16.8. The molecule has 0 radical (unpaired) electrons. The second-order valence-corrected chi connectivity index (χ2v) is 7.96. The van der Waals surface area contributed by atoms with Crippen molar-refractivity contribution in [3.05, 3.63) is 42.1 Å². The van der Waals surface area contributed by atoms with Crippen molar-refractivity contribution in [2.45, 2.75) is 44.6 Å². The van der Waals surface area contributed by atoms with Gasteiger partial charge in [-0.15, -0.1) is 0 Å². The van der Waals surface area contributed by atoms with Gasteiger partial charge in [-0.1, -0.05) is 18.2 Å². The number of amides is 1. The van der Waals surface area contributed by atoms with Gasteiger partial charge in [0.1, 0.15) is 5.60 Å². The molecule has 144 valence electrons. The lowest BCUT2D eigenvalue weighted by molar-refractivity contribution is -0.149. The molecule has 0 N–H and O–H groups in total. The summed E-state index contributed by atoms with van der Waals surface area (Å²) in [5, 5.41) is 0.979. The van der Waals surface area contributed by atoms with Crippen LogP contribution in [0.1, 0.15) is 39.2 Å². The molecule has 1 aromatic carbocycles. The number of carbonyl (C=O) groups is 2. The van der Waals surface area contributed by atoms with Gasteiger partial charge in [0, 0.05) is 24.7 Å². The van der Waals surface area contributed by atoms with E-state index >= 15 is 0 Å². The fourth-order valence-electron chi connectivity index (χ4n) is 3.54. The number of nitrogens with zero attached hydrogens (tertiary/aromatic N) is 2. The maximum Gasteiger partial charge on any atom is 0.410 e. The van der Waals surface area contributed by atoms with E-state index in [1.54, 1.807) is 11.1 Å². The number of rotatable bonds is 2. The highest BCUT2D eigenvalue weighted by atomic mass is 16.6. The number of benzene rings is 1. The van der Waals surface area contributed by atoms with Gasteiger partial charge in [-0.2, -0.15) is 0 Å². The average Bonchev–Trinajstić information content (AvgIpc) is 2.65. The number of pyridine rings is 1. The number of aromatic nitrogens is 1. The molecule has 1 amide bonds. The summed E-state index contributed by atoms with van der Waals surface area (Å²) < 4.78 is 10.6.